The Morgan fingerprint density at radius 2 is 1.85 bits per heavy atom. The number of halogens is 2. The average Bonchev–Trinajstić information content (AvgIpc) is 2.95. The van der Waals surface area contributed by atoms with Gasteiger partial charge in [0, 0.05) is 16.9 Å². The van der Waals surface area contributed by atoms with Crippen molar-refractivity contribution in [3.05, 3.63) is 34.3 Å². The van der Waals surface area contributed by atoms with Gasteiger partial charge >= 0.3 is 0 Å². The lowest BCUT2D eigenvalue weighted by Crippen LogP contribution is -2.10. The van der Waals surface area contributed by atoms with E-state index in [2.05, 4.69) is 13.8 Å². The summed E-state index contributed by atoms with van der Waals surface area (Å²) in [5.74, 6) is 0.672. The maximum absolute atomic E-state index is 10.5. The van der Waals surface area contributed by atoms with Gasteiger partial charge in [0.2, 0.25) is 0 Å². The highest BCUT2D eigenvalue weighted by Crippen LogP contribution is 2.65. The largest absolute Gasteiger partial charge is 0.374 e. The van der Waals surface area contributed by atoms with Gasteiger partial charge in [-0.15, -0.1) is 0 Å². The first-order valence-corrected chi connectivity index (χ1v) is 8.36. The minimum Gasteiger partial charge on any atom is -0.374 e. The zero-order valence-electron chi connectivity index (χ0n) is 12.5. The fourth-order valence-corrected chi connectivity index (χ4v) is 4.15. The molecule has 1 aromatic rings. The Morgan fingerprint density at radius 3 is 2.35 bits per heavy atom. The predicted octanol–water partition coefficient (Wildman–Crippen LogP) is 5.51. The summed E-state index contributed by atoms with van der Waals surface area (Å²) >= 11 is 12.6. The molecule has 0 heterocycles. The maximum atomic E-state index is 10.5. The van der Waals surface area contributed by atoms with Gasteiger partial charge in [-0.3, -0.25) is 0 Å². The lowest BCUT2D eigenvalue weighted by molar-refractivity contribution is 0.190. The quantitative estimate of drug-likeness (QED) is 0.687. The molecule has 1 saturated carbocycles. The van der Waals surface area contributed by atoms with Crippen LogP contribution >= 0.6 is 23.2 Å². The monoisotopic (exact) mass is 314 g/mol. The molecule has 0 spiro atoms. The zero-order valence-corrected chi connectivity index (χ0v) is 14.0. The maximum Gasteiger partial charge on any atom is 0.149 e. The molecule has 1 fully saturated rings. The fourth-order valence-electron chi connectivity index (χ4n) is 3.46. The molecule has 1 aromatic carbocycles. The molecule has 0 bridgehead atoms. The first-order chi connectivity index (χ1) is 9.43. The number of aliphatic hydroxyl groups is 1. The Hall–Kier alpha value is -0.240. The van der Waals surface area contributed by atoms with Crippen molar-refractivity contribution in [2.45, 2.75) is 57.4 Å². The van der Waals surface area contributed by atoms with Crippen LogP contribution in [0.4, 0.5) is 0 Å². The van der Waals surface area contributed by atoms with Crippen molar-refractivity contribution in [3.8, 4) is 0 Å². The summed E-state index contributed by atoms with van der Waals surface area (Å²) in [5, 5.41) is 10.2. The summed E-state index contributed by atoms with van der Waals surface area (Å²) in [6.45, 7) is 6.37. The van der Waals surface area contributed by atoms with E-state index in [4.69, 9.17) is 23.2 Å². The Labute approximate surface area is 132 Å². The molecule has 0 aliphatic heterocycles. The molecular weight excluding hydrogens is 291 g/mol. The van der Waals surface area contributed by atoms with E-state index in [1.54, 1.807) is 0 Å². The smallest absolute Gasteiger partial charge is 0.149 e. The molecule has 1 N–H and O–H groups in total. The highest BCUT2D eigenvalue weighted by Gasteiger charge is 2.65. The molecular formula is C17H24Cl2O. The van der Waals surface area contributed by atoms with Gasteiger partial charge in [-0.2, -0.15) is 0 Å². The first kappa shape index (κ1) is 16.1. The third-order valence-electron chi connectivity index (χ3n) is 4.54. The normalized spacial score (nSPS) is 28.9. The van der Waals surface area contributed by atoms with E-state index in [1.807, 2.05) is 25.1 Å². The molecule has 0 aromatic heterocycles. The van der Waals surface area contributed by atoms with Gasteiger partial charge < -0.3 is 5.11 Å². The lowest BCUT2D eigenvalue weighted by atomic mass is 9.90. The van der Waals surface area contributed by atoms with E-state index in [0.717, 1.165) is 41.8 Å². The van der Waals surface area contributed by atoms with Crippen LogP contribution in [-0.4, -0.2) is 10.2 Å². The Morgan fingerprint density at radius 1 is 1.25 bits per heavy atom. The van der Waals surface area contributed by atoms with E-state index in [1.165, 1.54) is 0 Å². The minimum absolute atomic E-state index is 0.0189. The first-order valence-electron chi connectivity index (χ1n) is 7.60. The van der Waals surface area contributed by atoms with Crippen LogP contribution in [0.1, 0.15) is 56.6 Å². The van der Waals surface area contributed by atoms with Crippen LogP contribution in [0, 0.1) is 18.8 Å². The highest BCUT2D eigenvalue weighted by molar-refractivity contribution is 6.31. The van der Waals surface area contributed by atoms with Crippen molar-refractivity contribution in [1.82, 2.24) is 0 Å². The van der Waals surface area contributed by atoms with E-state index in [0.29, 0.717) is 5.92 Å². The van der Waals surface area contributed by atoms with Gasteiger partial charge in [0.15, 0.2) is 0 Å². The van der Waals surface area contributed by atoms with Gasteiger partial charge in [0.1, 0.15) is 5.06 Å². The van der Waals surface area contributed by atoms with Gasteiger partial charge in [0.05, 0.1) is 0 Å². The molecule has 3 atom stereocenters. The van der Waals surface area contributed by atoms with E-state index >= 15 is 0 Å². The van der Waals surface area contributed by atoms with Crippen LogP contribution in [0.25, 0.3) is 0 Å². The molecule has 112 valence electrons. The number of aryl methyl sites for hydroxylation is 1. The number of hydrogen-bond acceptors (Lipinski definition) is 1. The van der Waals surface area contributed by atoms with Crippen LogP contribution < -0.4 is 0 Å². The van der Waals surface area contributed by atoms with Crippen LogP contribution in [0.3, 0.4) is 0 Å². The van der Waals surface area contributed by atoms with Crippen molar-refractivity contribution in [1.29, 1.82) is 0 Å². The molecule has 0 amide bonds. The molecule has 0 radical (unpaired) electrons. The molecule has 2 rings (SSSR count). The van der Waals surface area contributed by atoms with Crippen LogP contribution in [0.15, 0.2) is 18.2 Å². The van der Waals surface area contributed by atoms with E-state index < -0.39 is 5.06 Å². The van der Waals surface area contributed by atoms with E-state index in [9.17, 15) is 5.11 Å². The van der Waals surface area contributed by atoms with Crippen molar-refractivity contribution in [2.24, 2.45) is 11.8 Å². The standard InChI is InChI=1S/C17H24Cl2O/c1-4-6-12(7-5-2)15-16(17(15,19)20)13-9-8-11(3)14(18)10-13/h8-10,12,15-16,20H,4-7H2,1-3H3. The minimum atomic E-state index is -1.09. The lowest BCUT2D eigenvalue weighted by Gasteiger charge is -2.15. The molecule has 1 nitrogen and oxygen atoms in total. The molecule has 0 saturated heterocycles. The number of rotatable bonds is 6. The summed E-state index contributed by atoms with van der Waals surface area (Å²) < 4.78 is 0. The topological polar surface area (TPSA) is 20.2 Å². The SMILES string of the molecule is CCCC(CCC)C1C(c2ccc(C)c(Cl)c2)C1(O)Cl. The predicted molar refractivity (Wildman–Crippen MR) is 86.5 cm³/mol. The number of benzene rings is 1. The molecule has 1 aliphatic rings. The summed E-state index contributed by atoms with van der Waals surface area (Å²) in [7, 11) is 0. The molecule has 3 unspecified atom stereocenters. The summed E-state index contributed by atoms with van der Waals surface area (Å²) in [4.78, 5) is 0. The second-order valence-corrected chi connectivity index (χ2v) is 7.09. The fraction of sp³-hybridized carbons (Fsp3) is 0.647. The van der Waals surface area contributed by atoms with Crippen molar-refractivity contribution in [2.75, 3.05) is 0 Å². The summed E-state index contributed by atoms with van der Waals surface area (Å²) in [5.41, 5.74) is 2.13. The van der Waals surface area contributed by atoms with Gasteiger partial charge in [-0.25, -0.2) is 0 Å². The molecule has 1 aliphatic carbocycles. The molecule has 3 heteroatoms. The van der Waals surface area contributed by atoms with E-state index in [-0.39, 0.29) is 11.8 Å². The third kappa shape index (κ3) is 3.00. The summed E-state index contributed by atoms with van der Waals surface area (Å²) in [6.07, 6.45) is 4.53. The Kier molecular flexibility index (Phi) is 5.05. The third-order valence-corrected chi connectivity index (χ3v) is 5.43. The highest BCUT2D eigenvalue weighted by atomic mass is 35.5. The van der Waals surface area contributed by atoms with Crippen LogP contribution in [0.5, 0.6) is 0 Å². The Balaban J connectivity index is 2.21. The second kappa shape index (κ2) is 6.25. The van der Waals surface area contributed by atoms with Crippen LogP contribution in [0.2, 0.25) is 5.02 Å². The van der Waals surface area contributed by atoms with Crippen LogP contribution in [-0.2, 0) is 0 Å². The van der Waals surface area contributed by atoms with Gasteiger partial charge in [0.25, 0.3) is 0 Å². The van der Waals surface area contributed by atoms with Crippen molar-refractivity contribution in [3.63, 3.8) is 0 Å². The molecule has 20 heavy (non-hydrogen) atoms. The zero-order chi connectivity index (χ0) is 14.9. The average molecular weight is 315 g/mol. The van der Waals surface area contributed by atoms with Gasteiger partial charge in [-0.1, -0.05) is 74.9 Å². The second-order valence-electron chi connectivity index (χ2n) is 6.08. The van der Waals surface area contributed by atoms with Crippen molar-refractivity contribution < 1.29 is 5.11 Å². The van der Waals surface area contributed by atoms with Gasteiger partial charge in [-0.05, 0) is 30.0 Å². The van der Waals surface area contributed by atoms with Crippen molar-refractivity contribution >= 4 is 23.2 Å². The number of alkyl halides is 1. The Bertz CT molecular complexity index is 464. The number of hydrogen-bond donors (Lipinski definition) is 1. The summed E-state index contributed by atoms with van der Waals surface area (Å²) in [6, 6.07) is 6.02.